The predicted octanol–water partition coefficient (Wildman–Crippen LogP) is 1.03. The zero-order chi connectivity index (χ0) is 15.1. The van der Waals surface area contributed by atoms with E-state index in [4.69, 9.17) is 10.5 Å². The van der Waals surface area contributed by atoms with E-state index in [0.29, 0.717) is 36.5 Å². The van der Waals surface area contributed by atoms with Crippen molar-refractivity contribution < 1.29 is 9.53 Å². The van der Waals surface area contributed by atoms with Crippen molar-refractivity contribution in [2.24, 2.45) is 5.92 Å². The highest BCUT2D eigenvalue weighted by Crippen LogP contribution is 2.24. The largest absolute Gasteiger partial charge is 0.476 e. The maximum absolute atomic E-state index is 11.9. The summed E-state index contributed by atoms with van der Waals surface area (Å²) in [4.78, 5) is 19.9. The van der Waals surface area contributed by atoms with Gasteiger partial charge < -0.3 is 21.1 Å². The number of nitrogens with zero attached hydrogens (tertiary/aromatic N) is 2. The summed E-state index contributed by atoms with van der Waals surface area (Å²) in [6, 6.07) is -0.444. The molecule has 1 aromatic rings. The van der Waals surface area contributed by atoms with Crippen molar-refractivity contribution in [2.45, 2.75) is 33.7 Å². The summed E-state index contributed by atoms with van der Waals surface area (Å²) >= 11 is 0. The lowest BCUT2D eigenvalue weighted by atomic mass is 10.2. The van der Waals surface area contributed by atoms with Gasteiger partial charge in [0.1, 0.15) is 18.1 Å². The van der Waals surface area contributed by atoms with Crippen LogP contribution in [-0.2, 0) is 4.79 Å². The molecule has 0 radical (unpaired) electrons. The highest BCUT2D eigenvalue weighted by atomic mass is 16.5. The van der Waals surface area contributed by atoms with Gasteiger partial charge in [0.25, 0.3) is 0 Å². The molecule has 112 valence electrons. The Balaban J connectivity index is 2.68. The summed E-state index contributed by atoms with van der Waals surface area (Å²) in [5, 5.41) is 5.81. The van der Waals surface area contributed by atoms with E-state index in [1.54, 1.807) is 6.92 Å². The van der Waals surface area contributed by atoms with Gasteiger partial charge in [0, 0.05) is 6.54 Å². The molecule has 1 aromatic heterocycles. The van der Waals surface area contributed by atoms with Crippen molar-refractivity contribution in [3.8, 4) is 5.88 Å². The van der Waals surface area contributed by atoms with Crippen LogP contribution in [0.5, 0.6) is 5.88 Å². The molecule has 0 saturated heterocycles. The second-order valence-corrected chi connectivity index (χ2v) is 4.88. The number of hydrogen-bond acceptors (Lipinski definition) is 6. The molecule has 4 N–H and O–H groups in total. The van der Waals surface area contributed by atoms with E-state index in [1.165, 1.54) is 6.33 Å². The number of aromatic nitrogens is 2. The number of carbonyl (C=O) groups excluding carboxylic acids is 1. The van der Waals surface area contributed by atoms with Crippen LogP contribution < -0.4 is 21.1 Å². The third-order valence-corrected chi connectivity index (χ3v) is 2.56. The number of nitrogen functional groups attached to an aromatic ring is 1. The maximum Gasteiger partial charge on any atom is 0.242 e. The minimum atomic E-state index is -0.444. The molecular weight excluding hydrogens is 258 g/mol. The third kappa shape index (κ3) is 4.56. The van der Waals surface area contributed by atoms with Crippen molar-refractivity contribution in [1.29, 1.82) is 0 Å². The molecule has 0 bridgehead atoms. The minimum absolute atomic E-state index is 0.102. The Kier molecular flexibility index (Phi) is 6.02. The Morgan fingerprint density at radius 1 is 1.40 bits per heavy atom. The van der Waals surface area contributed by atoms with Gasteiger partial charge in [-0.15, -0.1) is 0 Å². The molecule has 0 aliphatic carbocycles. The van der Waals surface area contributed by atoms with E-state index in [-0.39, 0.29) is 5.91 Å². The Hall–Kier alpha value is -2.05. The SMILES string of the molecule is CCOc1ncnc(NC(C)C(=O)NCC(C)C)c1N. The van der Waals surface area contributed by atoms with Crippen LogP contribution in [0.3, 0.4) is 0 Å². The van der Waals surface area contributed by atoms with Gasteiger partial charge in [-0.2, -0.15) is 4.98 Å². The topological polar surface area (TPSA) is 102 Å². The standard InChI is InChI=1S/C13H23N5O2/c1-5-20-13-10(14)11(16-7-17-13)18-9(4)12(19)15-6-8(2)3/h7-9H,5-6,14H2,1-4H3,(H,15,19)(H,16,17,18). The molecule has 1 heterocycles. The van der Waals surface area contributed by atoms with E-state index in [9.17, 15) is 4.79 Å². The fourth-order valence-electron chi connectivity index (χ4n) is 1.47. The monoisotopic (exact) mass is 281 g/mol. The molecule has 7 nitrogen and oxygen atoms in total. The van der Waals surface area contributed by atoms with Crippen LogP contribution in [0.2, 0.25) is 0 Å². The average Bonchev–Trinajstić information content (AvgIpc) is 2.40. The van der Waals surface area contributed by atoms with Gasteiger partial charge in [0.2, 0.25) is 11.8 Å². The van der Waals surface area contributed by atoms with Crippen molar-refractivity contribution in [3.63, 3.8) is 0 Å². The van der Waals surface area contributed by atoms with E-state index in [0.717, 1.165) is 0 Å². The van der Waals surface area contributed by atoms with Crippen LogP contribution in [0.1, 0.15) is 27.7 Å². The van der Waals surface area contributed by atoms with Gasteiger partial charge in [-0.25, -0.2) is 4.98 Å². The zero-order valence-electron chi connectivity index (χ0n) is 12.4. The van der Waals surface area contributed by atoms with Gasteiger partial charge >= 0.3 is 0 Å². The molecule has 0 spiro atoms. The molecule has 1 unspecified atom stereocenters. The number of nitrogens with one attached hydrogen (secondary N) is 2. The molecular formula is C13H23N5O2. The van der Waals surface area contributed by atoms with Crippen molar-refractivity contribution in [2.75, 3.05) is 24.2 Å². The number of amides is 1. The molecule has 0 saturated carbocycles. The number of hydrogen-bond donors (Lipinski definition) is 3. The molecule has 0 aromatic carbocycles. The van der Waals surface area contributed by atoms with Gasteiger partial charge in [0.15, 0.2) is 5.82 Å². The smallest absolute Gasteiger partial charge is 0.242 e. The van der Waals surface area contributed by atoms with E-state index < -0.39 is 6.04 Å². The van der Waals surface area contributed by atoms with E-state index >= 15 is 0 Å². The number of ether oxygens (including phenoxy) is 1. The Morgan fingerprint density at radius 2 is 2.10 bits per heavy atom. The van der Waals surface area contributed by atoms with Crippen LogP contribution in [0, 0.1) is 5.92 Å². The number of rotatable bonds is 7. The Bertz CT molecular complexity index is 450. The first-order valence-corrected chi connectivity index (χ1v) is 6.73. The predicted molar refractivity (Wildman–Crippen MR) is 78.5 cm³/mol. The first-order chi connectivity index (χ1) is 9.45. The summed E-state index contributed by atoms with van der Waals surface area (Å²) in [5.74, 6) is 1.02. The summed E-state index contributed by atoms with van der Waals surface area (Å²) in [5.41, 5.74) is 6.20. The first kappa shape index (κ1) is 16.0. The lowest BCUT2D eigenvalue weighted by Crippen LogP contribution is -2.39. The third-order valence-electron chi connectivity index (χ3n) is 2.56. The highest BCUT2D eigenvalue weighted by Gasteiger charge is 2.16. The van der Waals surface area contributed by atoms with Gasteiger partial charge in [-0.1, -0.05) is 13.8 Å². The summed E-state index contributed by atoms with van der Waals surface area (Å²) in [6.07, 6.45) is 1.35. The van der Waals surface area contributed by atoms with Crippen LogP contribution >= 0.6 is 0 Å². The first-order valence-electron chi connectivity index (χ1n) is 6.73. The van der Waals surface area contributed by atoms with Crippen molar-refractivity contribution in [3.05, 3.63) is 6.33 Å². The lowest BCUT2D eigenvalue weighted by Gasteiger charge is -2.17. The summed E-state index contributed by atoms with van der Waals surface area (Å²) in [6.45, 7) is 8.76. The molecule has 1 amide bonds. The normalized spacial score (nSPS) is 12.1. The van der Waals surface area contributed by atoms with Crippen molar-refractivity contribution >= 4 is 17.4 Å². The van der Waals surface area contributed by atoms with Gasteiger partial charge in [-0.05, 0) is 19.8 Å². The number of nitrogens with two attached hydrogens (primary N) is 1. The summed E-state index contributed by atoms with van der Waals surface area (Å²) in [7, 11) is 0. The quantitative estimate of drug-likeness (QED) is 0.690. The molecule has 1 atom stereocenters. The fraction of sp³-hybridized carbons (Fsp3) is 0.615. The van der Waals surface area contributed by atoms with Gasteiger partial charge in [-0.3, -0.25) is 4.79 Å². The molecule has 7 heteroatoms. The van der Waals surface area contributed by atoms with E-state index in [2.05, 4.69) is 20.6 Å². The van der Waals surface area contributed by atoms with Gasteiger partial charge in [0.05, 0.1) is 6.61 Å². The molecule has 0 aliphatic heterocycles. The number of carbonyl (C=O) groups is 1. The Morgan fingerprint density at radius 3 is 2.70 bits per heavy atom. The molecule has 20 heavy (non-hydrogen) atoms. The average molecular weight is 281 g/mol. The van der Waals surface area contributed by atoms with Crippen LogP contribution in [-0.4, -0.2) is 35.1 Å². The zero-order valence-corrected chi connectivity index (χ0v) is 12.4. The number of anilines is 2. The lowest BCUT2D eigenvalue weighted by molar-refractivity contribution is -0.121. The molecule has 0 fully saturated rings. The molecule has 0 aliphatic rings. The van der Waals surface area contributed by atoms with Crippen LogP contribution in [0.4, 0.5) is 11.5 Å². The highest BCUT2D eigenvalue weighted by molar-refractivity contribution is 5.85. The fourth-order valence-corrected chi connectivity index (χ4v) is 1.47. The van der Waals surface area contributed by atoms with Crippen LogP contribution in [0.15, 0.2) is 6.33 Å². The van der Waals surface area contributed by atoms with Crippen LogP contribution in [0.25, 0.3) is 0 Å². The maximum atomic E-state index is 11.9. The van der Waals surface area contributed by atoms with Crippen molar-refractivity contribution in [1.82, 2.24) is 15.3 Å². The Labute approximate surface area is 119 Å². The summed E-state index contributed by atoms with van der Waals surface area (Å²) < 4.78 is 5.28. The van der Waals surface area contributed by atoms with E-state index in [1.807, 2.05) is 20.8 Å². The second kappa shape index (κ2) is 7.52. The minimum Gasteiger partial charge on any atom is -0.476 e. The molecule has 1 rings (SSSR count). The second-order valence-electron chi connectivity index (χ2n) is 4.88.